The number of hydrogen-bond acceptors (Lipinski definition) is 2. The van der Waals surface area contributed by atoms with E-state index in [-0.39, 0.29) is 11.2 Å². The summed E-state index contributed by atoms with van der Waals surface area (Å²) < 4.78 is 12.6. The highest BCUT2D eigenvalue weighted by molar-refractivity contribution is 5.13. The van der Waals surface area contributed by atoms with Crippen molar-refractivity contribution in [1.29, 1.82) is 0 Å². The van der Waals surface area contributed by atoms with Crippen LogP contribution < -0.4 is 0 Å². The zero-order chi connectivity index (χ0) is 17.4. The maximum Gasteiger partial charge on any atom is 0.174 e. The van der Waals surface area contributed by atoms with Crippen LogP contribution in [0.5, 0.6) is 0 Å². The molecule has 1 aliphatic heterocycles. The van der Waals surface area contributed by atoms with Crippen LogP contribution in [0.2, 0.25) is 0 Å². The topological polar surface area (TPSA) is 18.5 Å². The molecule has 0 radical (unpaired) electrons. The van der Waals surface area contributed by atoms with E-state index in [0.29, 0.717) is 5.41 Å². The summed E-state index contributed by atoms with van der Waals surface area (Å²) in [6.07, 6.45) is 11.1. The zero-order valence-corrected chi connectivity index (χ0v) is 16.9. The first-order valence-electron chi connectivity index (χ1n) is 11.2. The van der Waals surface area contributed by atoms with E-state index in [1.807, 2.05) is 0 Å². The fraction of sp³-hybridized carbons (Fsp3) is 1.00. The van der Waals surface area contributed by atoms with Crippen LogP contribution in [0, 0.1) is 46.3 Å². The summed E-state index contributed by atoms with van der Waals surface area (Å²) in [7, 11) is 0. The van der Waals surface area contributed by atoms with Crippen LogP contribution in [0.4, 0.5) is 0 Å². The van der Waals surface area contributed by atoms with Crippen molar-refractivity contribution in [3.05, 3.63) is 0 Å². The van der Waals surface area contributed by atoms with E-state index in [9.17, 15) is 0 Å². The molecule has 0 N–H and O–H groups in total. The van der Waals surface area contributed by atoms with Gasteiger partial charge in [0.2, 0.25) is 0 Å². The first-order chi connectivity index (χ1) is 11.9. The average molecular weight is 347 g/mol. The summed E-state index contributed by atoms with van der Waals surface area (Å²) in [4.78, 5) is 0. The Bertz CT molecular complexity index is 538. The summed E-state index contributed by atoms with van der Waals surface area (Å²) in [5.41, 5.74) is 0.860. The van der Waals surface area contributed by atoms with Gasteiger partial charge >= 0.3 is 0 Å². The highest BCUT2D eigenvalue weighted by Crippen LogP contribution is 2.70. The van der Waals surface area contributed by atoms with Crippen LogP contribution in [0.1, 0.15) is 79.1 Å². The molecule has 5 fully saturated rings. The third-order valence-corrected chi connectivity index (χ3v) is 10.1. The zero-order valence-electron chi connectivity index (χ0n) is 16.9. The second-order valence-electron chi connectivity index (χ2n) is 11.0. The van der Waals surface area contributed by atoms with E-state index in [0.717, 1.165) is 55.1 Å². The molecule has 25 heavy (non-hydrogen) atoms. The summed E-state index contributed by atoms with van der Waals surface area (Å²) in [6.45, 7) is 11.9. The average Bonchev–Trinajstić information content (AvgIpc) is 3.17. The van der Waals surface area contributed by atoms with Crippen LogP contribution >= 0.6 is 0 Å². The lowest BCUT2D eigenvalue weighted by Gasteiger charge is -2.63. The van der Waals surface area contributed by atoms with Gasteiger partial charge in [0.25, 0.3) is 0 Å². The molecular formula is C23H38O2. The van der Waals surface area contributed by atoms with Crippen LogP contribution in [0.15, 0.2) is 0 Å². The summed E-state index contributed by atoms with van der Waals surface area (Å²) in [6, 6.07) is 0. The quantitative estimate of drug-likeness (QED) is 0.564. The standard InChI is InChI=1S/C23H38O2/c1-15-5-8-21(3)18-6-9-22(4)19(7-10-23(22)24-11-12-25-23)17(18)14-16(2)20(21)13-15/h15-20H,5-14H2,1-4H3/t15-,16+,17+,18-,19-,20+,21+,22-/m0/s1. The smallest absolute Gasteiger partial charge is 0.174 e. The molecule has 0 bridgehead atoms. The van der Waals surface area contributed by atoms with Gasteiger partial charge in [-0.1, -0.05) is 34.1 Å². The van der Waals surface area contributed by atoms with Crippen LogP contribution in [0.25, 0.3) is 0 Å². The molecule has 1 spiro atoms. The minimum Gasteiger partial charge on any atom is -0.347 e. The van der Waals surface area contributed by atoms with Crippen molar-refractivity contribution in [2.24, 2.45) is 46.3 Å². The number of ether oxygens (including phenoxy) is 2. The maximum atomic E-state index is 6.30. The molecule has 5 aliphatic rings. The van der Waals surface area contributed by atoms with Crippen LogP contribution in [-0.2, 0) is 9.47 Å². The Morgan fingerprint density at radius 3 is 2.24 bits per heavy atom. The predicted octanol–water partition coefficient (Wildman–Crippen LogP) is 5.65. The van der Waals surface area contributed by atoms with E-state index >= 15 is 0 Å². The third-order valence-electron chi connectivity index (χ3n) is 10.1. The predicted molar refractivity (Wildman–Crippen MR) is 100 cm³/mol. The first kappa shape index (κ1) is 17.0. The van der Waals surface area contributed by atoms with Gasteiger partial charge in [0, 0.05) is 11.8 Å². The molecule has 0 aromatic rings. The second-order valence-corrected chi connectivity index (χ2v) is 11.0. The van der Waals surface area contributed by atoms with Gasteiger partial charge in [0.15, 0.2) is 5.79 Å². The Morgan fingerprint density at radius 2 is 1.48 bits per heavy atom. The van der Waals surface area contributed by atoms with Crippen molar-refractivity contribution in [1.82, 2.24) is 0 Å². The minimum atomic E-state index is -0.231. The van der Waals surface area contributed by atoms with E-state index in [1.54, 1.807) is 0 Å². The SMILES string of the molecule is C[C@H]1CC[C@@]2(C)[C@H](C1)[C@H](C)C[C@@H]1[C@@H]2CC[C@@]2(C)[C@H]1CCC21OCCO1. The van der Waals surface area contributed by atoms with E-state index in [1.165, 1.54) is 44.9 Å². The molecule has 4 aliphatic carbocycles. The summed E-state index contributed by atoms with van der Waals surface area (Å²) in [5, 5.41) is 0. The van der Waals surface area contributed by atoms with Gasteiger partial charge in [-0.15, -0.1) is 0 Å². The van der Waals surface area contributed by atoms with Gasteiger partial charge in [-0.25, -0.2) is 0 Å². The number of hydrogen-bond donors (Lipinski definition) is 0. The molecule has 2 nitrogen and oxygen atoms in total. The van der Waals surface area contributed by atoms with Crippen molar-refractivity contribution in [3.63, 3.8) is 0 Å². The Balaban J connectivity index is 1.48. The van der Waals surface area contributed by atoms with Gasteiger partial charge in [-0.05, 0) is 79.4 Å². The summed E-state index contributed by atoms with van der Waals surface area (Å²) in [5.74, 6) is 5.27. The molecular weight excluding hydrogens is 308 g/mol. The van der Waals surface area contributed by atoms with E-state index in [2.05, 4.69) is 27.7 Å². The van der Waals surface area contributed by atoms with E-state index < -0.39 is 0 Å². The highest BCUT2D eigenvalue weighted by atomic mass is 16.7. The number of rotatable bonds is 0. The lowest BCUT2D eigenvalue weighted by atomic mass is 9.42. The monoisotopic (exact) mass is 346 g/mol. The van der Waals surface area contributed by atoms with Crippen molar-refractivity contribution in [2.75, 3.05) is 13.2 Å². The minimum absolute atomic E-state index is 0.231. The van der Waals surface area contributed by atoms with Crippen LogP contribution in [0.3, 0.4) is 0 Å². The Morgan fingerprint density at radius 1 is 0.760 bits per heavy atom. The molecule has 8 atom stereocenters. The first-order valence-corrected chi connectivity index (χ1v) is 11.2. The molecule has 0 unspecified atom stereocenters. The van der Waals surface area contributed by atoms with Crippen molar-refractivity contribution in [3.8, 4) is 0 Å². The molecule has 5 rings (SSSR count). The molecule has 0 aromatic heterocycles. The summed E-state index contributed by atoms with van der Waals surface area (Å²) >= 11 is 0. The molecule has 1 saturated heterocycles. The van der Waals surface area contributed by atoms with Gasteiger partial charge in [0.05, 0.1) is 13.2 Å². The van der Waals surface area contributed by atoms with Crippen molar-refractivity contribution in [2.45, 2.75) is 84.8 Å². The van der Waals surface area contributed by atoms with Gasteiger partial charge < -0.3 is 9.47 Å². The van der Waals surface area contributed by atoms with Crippen LogP contribution in [-0.4, -0.2) is 19.0 Å². The van der Waals surface area contributed by atoms with Crippen molar-refractivity contribution >= 4 is 0 Å². The van der Waals surface area contributed by atoms with Gasteiger partial charge in [-0.2, -0.15) is 0 Å². The molecule has 1 heterocycles. The van der Waals surface area contributed by atoms with E-state index in [4.69, 9.17) is 9.47 Å². The Labute approximate surface area is 154 Å². The molecule has 0 aromatic carbocycles. The third kappa shape index (κ3) is 2.10. The number of fused-ring (bicyclic) bond motifs is 6. The Kier molecular flexibility index (Phi) is 3.73. The van der Waals surface area contributed by atoms with Gasteiger partial charge in [-0.3, -0.25) is 0 Å². The van der Waals surface area contributed by atoms with Gasteiger partial charge in [0.1, 0.15) is 0 Å². The largest absolute Gasteiger partial charge is 0.347 e. The highest BCUT2D eigenvalue weighted by Gasteiger charge is 2.67. The lowest BCUT2D eigenvalue weighted by Crippen LogP contribution is -2.58. The Hall–Kier alpha value is -0.0800. The van der Waals surface area contributed by atoms with Crippen molar-refractivity contribution < 1.29 is 9.47 Å². The maximum absolute atomic E-state index is 6.30. The normalized spacial score (nSPS) is 57.1. The molecule has 2 heteroatoms. The second kappa shape index (κ2) is 5.47. The lowest BCUT2D eigenvalue weighted by molar-refractivity contribution is -0.249. The molecule has 0 amide bonds. The molecule has 142 valence electrons. The fourth-order valence-corrected chi connectivity index (χ4v) is 8.82. The fourth-order valence-electron chi connectivity index (χ4n) is 8.82. The molecule has 4 saturated carbocycles.